The van der Waals surface area contributed by atoms with Crippen molar-refractivity contribution in [2.45, 2.75) is 6.92 Å². The Morgan fingerprint density at radius 1 is 1.15 bits per heavy atom. The third kappa shape index (κ3) is 3.18. The summed E-state index contributed by atoms with van der Waals surface area (Å²) in [5.74, 6) is 1.52. The van der Waals surface area contributed by atoms with Crippen LogP contribution in [0.4, 0.5) is 5.82 Å². The van der Waals surface area contributed by atoms with E-state index < -0.39 is 0 Å². The molecule has 1 aliphatic heterocycles. The first kappa shape index (κ1) is 17.3. The Kier molecular flexibility index (Phi) is 4.62. The highest BCUT2D eigenvalue weighted by Gasteiger charge is 2.26. The zero-order chi connectivity index (χ0) is 18.8. The zero-order valence-corrected chi connectivity index (χ0v) is 15.5. The maximum atomic E-state index is 12.9. The molecule has 0 atom stereocenters. The molecule has 0 radical (unpaired) electrons. The van der Waals surface area contributed by atoms with Crippen molar-refractivity contribution in [1.29, 1.82) is 0 Å². The van der Waals surface area contributed by atoms with Gasteiger partial charge in [-0.15, -0.1) is 0 Å². The lowest BCUT2D eigenvalue weighted by atomic mass is 10.1. The number of nitrogens with zero attached hydrogens (tertiary/aromatic N) is 6. The van der Waals surface area contributed by atoms with Crippen LogP contribution in [0.25, 0.3) is 11.0 Å². The number of amides is 1. The Balaban J connectivity index is 1.50. The van der Waals surface area contributed by atoms with Gasteiger partial charge in [-0.05, 0) is 19.1 Å². The number of anilines is 1. The average Bonchev–Trinajstić information content (AvgIpc) is 3.09. The quantitative estimate of drug-likeness (QED) is 0.700. The molecule has 0 aliphatic carbocycles. The van der Waals surface area contributed by atoms with Crippen molar-refractivity contribution in [2.75, 3.05) is 37.7 Å². The van der Waals surface area contributed by atoms with Crippen molar-refractivity contribution in [3.8, 4) is 5.75 Å². The highest BCUT2D eigenvalue weighted by molar-refractivity contribution is 5.97. The van der Waals surface area contributed by atoms with E-state index >= 15 is 0 Å². The van der Waals surface area contributed by atoms with Crippen molar-refractivity contribution in [2.24, 2.45) is 7.05 Å². The number of aryl methyl sites for hydroxylation is 1. The second-order valence-electron chi connectivity index (χ2n) is 6.41. The van der Waals surface area contributed by atoms with E-state index in [9.17, 15) is 4.79 Å². The zero-order valence-electron chi connectivity index (χ0n) is 15.5. The van der Waals surface area contributed by atoms with Crippen molar-refractivity contribution >= 4 is 22.8 Å². The van der Waals surface area contributed by atoms with Gasteiger partial charge in [0.15, 0.2) is 5.65 Å². The molecule has 1 aliphatic rings. The predicted octanol–water partition coefficient (Wildman–Crippen LogP) is 1.72. The smallest absolute Gasteiger partial charge is 0.257 e. The maximum Gasteiger partial charge on any atom is 0.257 e. The Labute approximate surface area is 157 Å². The number of hydrogen-bond donors (Lipinski definition) is 0. The summed E-state index contributed by atoms with van der Waals surface area (Å²) in [5.41, 5.74) is 1.42. The van der Waals surface area contributed by atoms with Crippen molar-refractivity contribution in [1.82, 2.24) is 24.6 Å². The van der Waals surface area contributed by atoms with Crippen LogP contribution in [-0.2, 0) is 7.05 Å². The summed E-state index contributed by atoms with van der Waals surface area (Å²) in [4.78, 5) is 25.7. The molecule has 3 aromatic rings. The third-order valence-electron chi connectivity index (χ3n) is 4.79. The Morgan fingerprint density at radius 3 is 2.70 bits per heavy atom. The Hall–Kier alpha value is -3.16. The largest absolute Gasteiger partial charge is 0.493 e. The Morgan fingerprint density at radius 2 is 1.93 bits per heavy atom. The number of benzene rings is 1. The minimum atomic E-state index is 0.00733. The highest BCUT2D eigenvalue weighted by atomic mass is 16.5. The molecule has 1 aromatic carbocycles. The summed E-state index contributed by atoms with van der Waals surface area (Å²) in [7, 11) is 1.87. The van der Waals surface area contributed by atoms with Crippen molar-refractivity contribution in [3.63, 3.8) is 0 Å². The fourth-order valence-corrected chi connectivity index (χ4v) is 3.42. The fraction of sp³-hybridized carbons (Fsp3) is 0.368. The van der Waals surface area contributed by atoms with Crippen LogP contribution in [0, 0.1) is 0 Å². The lowest BCUT2D eigenvalue weighted by Crippen LogP contribution is -2.49. The minimum Gasteiger partial charge on any atom is -0.493 e. The van der Waals surface area contributed by atoms with Gasteiger partial charge in [-0.3, -0.25) is 9.48 Å². The van der Waals surface area contributed by atoms with E-state index in [1.807, 2.05) is 43.1 Å². The number of piperazine rings is 1. The van der Waals surface area contributed by atoms with E-state index in [-0.39, 0.29) is 5.91 Å². The summed E-state index contributed by atoms with van der Waals surface area (Å²) in [5, 5.41) is 5.20. The number of rotatable bonds is 4. The first-order valence-electron chi connectivity index (χ1n) is 9.07. The van der Waals surface area contributed by atoms with Gasteiger partial charge >= 0.3 is 0 Å². The number of ether oxygens (including phenoxy) is 1. The van der Waals surface area contributed by atoms with E-state index in [1.54, 1.807) is 17.2 Å². The van der Waals surface area contributed by atoms with Gasteiger partial charge in [-0.25, -0.2) is 9.97 Å². The summed E-state index contributed by atoms with van der Waals surface area (Å²) >= 11 is 0. The summed E-state index contributed by atoms with van der Waals surface area (Å²) in [6, 6.07) is 7.41. The molecule has 0 spiro atoms. The molecule has 8 nitrogen and oxygen atoms in total. The number of fused-ring (bicyclic) bond motifs is 1. The summed E-state index contributed by atoms with van der Waals surface area (Å²) in [6.07, 6.45) is 3.36. The van der Waals surface area contributed by atoms with E-state index in [4.69, 9.17) is 4.74 Å². The molecule has 140 valence electrons. The number of aromatic nitrogens is 4. The molecule has 0 bridgehead atoms. The molecule has 0 unspecified atom stereocenters. The van der Waals surface area contributed by atoms with Gasteiger partial charge in [0.1, 0.15) is 17.9 Å². The first-order chi connectivity index (χ1) is 13.2. The van der Waals surface area contributed by atoms with E-state index in [1.165, 1.54) is 0 Å². The second-order valence-corrected chi connectivity index (χ2v) is 6.41. The van der Waals surface area contributed by atoms with Gasteiger partial charge in [-0.1, -0.05) is 12.1 Å². The lowest BCUT2D eigenvalue weighted by molar-refractivity contribution is 0.0742. The fourth-order valence-electron chi connectivity index (χ4n) is 3.42. The monoisotopic (exact) mass is 366 g/mol. The molecule has 2 aromatic heterocycles. The van der Waals surface area contributed by atoms with E-state index in [0.717, 1.165) is 16.9 Å². The molecule has 3 heterocycles. The molecule has 4 rings (SSSR count). The minimum absolute atomic E-state index is 0.00733. The topological polar surface area (TPSA) is 76.4 Å². The number of para-hydroxylation sites is 1. The molecule has 27 heavy (non-hydrogen) atoms. The number of hydrogen-bond acceptors (Lipinski definition) is 6. The summed E-state index contributed by atoms with van der Waals surface area (Å²) in [6.45, 7) is 5.14. The van der Waals surface area contributed by atoms with E-state index in [0.29, 0.717) is 44.1 Å². The van der Waals surface area contributed by atoms with Crippen LogP contribution in [0.5, 0.6) is 5.75 Å². The maximum absolute atomic E-state index is 12.9. The number of carbonyl (C=O) groups excluding carboxylic acids is 1. The second kappa shape index (κ2) is 7.22. The molecule has 1 saturated heterocycles. The van der Waals surface area contributed by atoms with Crippen LogP contribution in [0.2, 0.25) is 0 Å². The van der Waals surface area contributed by atoms with Gasteiger partial charge in [0.25, 0.3) is 5.91 Å². The van der Waals surface area contributed by atoms with Crippen LogP contribution >= 0.6 is 0 Å². The molecule has 8 heteroatoms. The van der Waals surface area contributed by atoms with Crippen LogP contribution in [0.15, 0.2) is 36.8 Å². The predicted molar refractivity (Wildman–Crippen MR) is 102 cm³/mol. The SMILES string of the molecule is CCOc1ccccc1C(=O)N1CCN(c2ncnc3c2cnn3C)CC1. The van der Waals surface area contributed by atoms with Crippen LogP contribution in [0.3, 0.4) is 0 Å². The highest BCUT2D eigenvalue weighted by Crippen LogP contribution is 2.25. The molecular formula is C19H22N6O2. The molecule has 0 saturated carbocycles. The molecule has 1 amide bonds. The van der Waals surface area contributed by atoms with Gasteiger partial charge in [-0.2, -0.15) is 5.10 Å². The van der Waals surface area contributed by atoms with Gasteiger partial charge in [0.2, 0.25) is 0 Å². The van der Waals surface area contributed by atoms with Crippen LogP contribution in [-0.4, -0.2) is 63.3 Å². The van der Waals surface area contributed by atoms with Crippen molar-refractivity contribution < 1.29 is 9.53 Å². The standard InChI is InChI=1S/C19H22N6O2/c1-3-27-16-7-5-4-6-14(16)19(26)25-10-8-24(9-11-25)18-15-12-22-23(2)17(15)20-13-21-18/h4-7,12-13H,3,8-11H2,1-2H3. The van der Waals surface area contributed by atoms with Gasteiger partial charge in [0.05, 0.1) is 23.8 Å². The molecule has 1 fully saturated rings. The first-order valence-corrected chi connectivity index (χ1v) is 9.07. The van der Waals surface area contributed by atoms with Gasteiger partial charge < -0.3 is 14.5 Å². The third-order valence-corrected chi connectivity index (χ3v) is 4.79. The van der Waals surface area contributed by atoms with Crippen LogP contribution in [0.1, 0.15) is 17.3 Å². The Bertz CT molecular complexity index is 962. The lowest BCUT2D eigenvalue weighted by Gasteiger charge is -2.35. The van der Waals surface area contributed by atoms with Gasteiger partial charge in [0, 0.05) is 33.2 Å². The number of carbonyl (C=O) groups is 1. The average molecular weight is 366 g/mol. The molecule has 0 N–H and O–H groups in total. The van der Waals surface area contributed by atoms with Crippen molar-refractivity contribution in [3.05, 3.63) is 42.4 Å². The van der Waals surface area contributed by atoms with E-state index in [2.05, 4.69) is 20.0 Å². The molecular weight excluding hydrogens is 344 g/mol. The summed E-state index contributed by atoms with van der Waals surface area (Å²) < 4.78 is 7.35. The normalized spacial score (nSPS) is 14.6. The van der Waals surface area contributed by atoms with Crippen LogP contribution < -0.4 is 9.64 Å².